The van der Waals surface area contributed by atoms with Crippen molar-refractivity contribution >= 4 is 17.9 Å². The fraction of sp³-hybridized carbons (Fsp3) is 0.571. The summed E-state index contributed by atoms with van der Waals surface area (Å²) in [6.45, 7) is -0.495. The Bertz CT molecular complexity index is 738. The molecule has 0 spiro atoms. The first-order chi connectivity index (χ1) is 13.4. The maximum Gasteiger partial charge on any atom is 0.321 e. The average molecular weight is 386 g/mol. The molecule has 0 atom stereocenters. The summed E-state index contributed by atoms with van der Waals surface area (Å²) in [4.78, 5) is 36.1. The Morgan fingerprint density at radius 3 is 2.14 bits per heavy atom. The molecule has 4 fully saturated rings. The average Bonchev–Trinajstić information content (AvgIpc) is 2.60. The van der Waals surface area contributed by atoms with Gasteiger partial charge in [-0.15, -0.1) is 0 Å². The van der Waals surface area contributed by atoms with Crippen LogP contribution in [0.25, 0.3) is 0 Å². The molecule has 0 unspecified atom stereocenters. The Labute approximate surface area is 163 Å². The standard InChI is InChI=1S/C21H26N2O5/c24-17-3-1-13(2-4-17)8-19(26)28-12-18(25)22-20(27)23-21-9-14-5-15(10-21)7-16(6-14)11-21/h1-4,14-16,24H,5-12H2,(H2,22,23,25,27). The normalized spacial score (nSPS) is 29.9. The van der Waals surface area contributed by atoms with Gasteiger partial charge < -0.3 is 15.2 Å². The van der Waals surface area contributed by atoms with Gasteiger partial charge in [0.25, 0.3) is 5.91 Å². The Kier molecular flexibility index (Phi) is 5.00. The molecule has 4 saturated carbocycles. The highest BCUT2D eigenvalue weighted by atomic mass is 16.5. The van der Waals surface area contributed by atoms with Gasteiger partial charge in [0, 0.05) is 5.54 Å². The number of rotatable bonds is 5. The zero-order valence-electron chi connectivity index (χ0n) is 15.8. The lowest BCUT2D eigenvalue weighted by atomic mass is 9.53. The smallest absolute Gasteiger partial charge is 0.321 e. The molecule has 4 bridgehead atoms. The van der Waals surface area contributed by atoms with Crippen LogP contribution in [0.2, 0.25) is 0 Å². The molecule has 1 aromatic rings. The monoisotopic (exact) mass is 386 g/mol. The number of carbonyl (C=O) groups excluding carboxylic acids is 3. The molecule has 0 aliphatic heterocycles. The third-order valence-electron chi connectivity index (χ3n) is 6.32. The molecular weight excluding hydrogens is 360 g/mol. The van der Waals surface area contributed by atoms with Crippen molar-refractivity contribution in [3.8, 4) is 5.75 Å². The zero-order valence-corrected chi connectivity index (χ0v) is 15.8. The van der Waals surface area contributed by atoms with E-state index in [1.165, 1.54) is 31.4 Å². The molecule has 0 heterocycles. The van der Waals surface area contributed by atoms with Crippen molar-refractivity contribution in [1.29, 1.82) is 0 Å². The van der Waals surface area contributed by atoms with Crippen molar-refractivity contribution in [2.24, 2.45) is 17.8 Å². The molecule has 0 aromatic heterocycles. The Hall–Kier alpha value is -2.57. The van der Waals surface area contributed by atoms with Gasteiger partial charge >= 0.3 is 12.0 Å². The molecule has 5 rings (SSSR count). The van der Waals surface area contributed by atoms with Crippen LogP contribution in [0.5, 0.6) is 5.75 Å². The molecule has 0 saturated heterocycles. The van der Waals surface area contributed by atoms with Crippen LogP contribution in [0.15, 0.2) is 24.3 Å². The maximum absolute atomic E-state index is 12.3. The minimum Gasteiger partial charge on any atom is -0.508 e. The number of amides is 3. The first kappa shape index (κ1) is 18.8. The van der Waals surface area contributed by atoms with Crippen LogP contribution < -0.4 is 10.6 Å². The number of hydrogen-bond donors (Lipinski definition) is 3. The van der Waals surface area contributed by atoms with Gasteiger partial charge in [-0.2, -0.15) is 0 Å². The second kappa shape index (κ2) is 7.45. The first-order valence-corrected chi connectivity index (χ1v) is 9.95. The molecular formula is C21H26N2O5. The highest BCUT2D eigenvalue weighted by Gasteiger charge is 2.51. The number of benzene rings is 1. The first-order valence-electron chi connectivity index (χ1n) is 9.95. The third-order valence-corrected chi connectivity index (χ3v) is 6.32. The summed E-state index contributed by atoms with van der Waals surface area (Å²) in [5.41, 5.74) is 0.497. The van der Waals surface area contributed by atoms with E-state index in [9.17, 15) is 19.5 Å². The topological polar surface area (TPSA) is 105 Å². The van der Waals surface area contributed by atoms with Crippen LogP contribution >= 0.6 is 0 Å². The summed E-state index contributed by atoms with van der Waals surface area (Å²) >= 11 is 0. The summed E-state index contributed by atoms with van der Waals surface area (Å²) < 4.78 is 4.94. The fourth-order valence-corrected chi connectivity index (χ4v) is 5.68. The molecule has 3 amide bonds. The zero-order chi connectivity index (χ0) is 19.7. The van der Waals surface area contributed by atoms with E-state index in [2.05, 4.69) is 10.6 Å². The summed E-state index contributed by atoms with van der Waals surface area (Å²) in [7, 11) is 0. The predicted molar refractivity (Wildman–Crippen MR) is 100 cm³/mol. The van der Waals surface area contributed by atoms with Gasteiger partial charge in [-0.1, -0.05) is 12.1 Å². The summed E-state index contributed by atoms with van der Waals surface area (Å²) in [5.74, 6) is 1.000. The second-order valence-corrected chi connectivity index (χ2v) is 8.70. The molecule has 7 heteroatoms. The van der Waals surface area contributed by atoms with Crippen molar-refractivity contribution < 1.29 is 24.2 Å². The van der Waals surface area contributed by atoms with Crippen molar-refractivity contribution in [2.45, 2.75) is 50.5 Å². The summed E-state index contributed by atoms with van der Waals surface area (Å²) in [6, 6.07) is 5.67. The number of imide groups is 1. The number of carbonyl (C=O) groups is 3. The largest absolute Gasteiger partial charge is 0.508 e. The van der Waals surface area contributed by atoms with Crippen LogP contribution in [0, 0.1) is 17.8 Å². The number of phenols is 1. The van der Waals surface area contributed by atoms with Crippen LogP contribution in [-0.2, 0) is 20.7 Å². The van der Waals surface area contributed by atoms with Crippen molar-refractivity contribution in [1.82, 2.24) is 10.6 Å². The van der Waals surface area contributed by atoms with Gasteiger partial charge in [0.05, 0.1) is 6.42 Å². The van der Waals surface area contributed by atoms with Crippen LogP contribution in [0.3, 0.4) is 0 Å². The van der Waals surface area contributed by atoms with Crippen molar-refractivity contribution in [3.63, 3.8) is 0 Å². The van der Waals surface area contributed by atoms with Crippen molar-refractivity contribution in [3.05, 3.63) is 29.8 Å². The number of esters is 1. The van der Waals surface area contributed by atoms with E-state index in [1.807, 2.05) is 0 Å². The molecule has 4 aliphatic rings. The van der Waals surface area contributed by atoms with Crippen LogP contribution in [-0.4, -0.2) is 35.2 Å². The molecule has 28 heavy (non-hydrogen) atoms. The second-order valence-electron chi connectivity index (χ2n) is 8.70. The Balaban J connectivity index is 1.21. The van der Waals surface area contributed by atoms with Gasteiger partial charge in [0.1, 0.15) is 5.75 Å². The highest BCUT2D eigenvalue weighted by Crippen LogP contribution is 2.55. The molecule has 1 aromatic carbocycles. The number of nitrogens with one attached hydrogen (secondary N) is 2. The Morgan fingerprint density at radius 1 is 1.00 bits per heavy atom. The van der Waals surface area contributed by atoms with E-state index in [-0.39, 0.29) is 17.7 Å². The number of ether oxygens (including phenoxy) is 1. The lowest BCUT2D eigenvalue weighted by molar-refractivity contribution is -0.147. The maximum atomic E-state index is 12.3. The van der Waals surface area contributed by atoms with Crippen molar-refractivity contribution in [2.75, 3.05) is 6.61 Å². The van der Waals surface area contributed by atoms with E-state index in [0.717, 1.165) is 19.3 Å². The lowest BCUT2D eigenvalue weighted by Gasteiger charge is -2.56. The molecule has 4 aliphatic carbocycles. The number of aromatic hydroxyl groups is 1. The van der Waals surface area contributed by atoms with Crippen LogP contribution in [0.1, 0.15) is 44.1 Å². The van der Waals surface area contributed by atoms with Gasteiger partial charge in [0.15, 0.2) is 6.61 Å². The predicted octanol–water partition coefficient (Wildman–Crippen LogP) is 2.27. The quantitative estimate of drug-likeness (QED) is 0.674. The van der Waals surface area contributed by atoms with Gasteiger partial charge in [-0.05, 0) is 74.0 Å². The van der Waals surface area contributed by atoms with Crippen LogP contribution in [0.4, 0.5) is 4.79 Å². The van der Waals surface area contributed by atoms with E-state index >= 15 is 0 Å². The molecule has 0 radical (unpaired) electrons. The van der Waals surface area contributed by atoms with Gasteiger partial charge in [0.2, 0.25) is 0 Å². The number of urea groups is 1. The Morgan fingerprint density at radius 2 is 1.57 bits per heavy atom. The fourth-order valence-electron chi connectivity index (χ4n) is 5.68. The summed E-state index contributed by atoms with van der Waals surface area (Å²) in [5, 5.41) is 14.6. The number of phenolic OH excluding ortho intramolecular Hbond substituents is 1. The van der Waals surface area contributed by atoms with E-state index < -0.39 is 24.5 Å². The highest BCUT2D eigenvalue weighted by molar-refractivity contribution is 5.95. The minimum atomic E-state index is -0.638. The molecule has 3 N–H and O–H groups in total. The summed E-state index contributed by atoms with van der Waals surface area (Å²) in [6.07, 6.45) is 6.83. The minimum absolute atomic E-state index is 0.00691. The van der Waals surface area contributed by atoms with E-state index in [1.54, 1.807) is 12.1 Å². The van der Waals surface area contributed by atoms with E-state index in [0.29, 0.717) is 23.3 Å². The number of hydrogen-bond acceptors (Lipinski definition) is 5. The third kappa shape index (κ3) is 4.29. The lowest BCUT2D eigenvalue weighted by Crippen LogP contribution is -2.62. The van der Waals surface area contributed by atoms with Gasteiger partial charge in [-0.25, -0.2) is 4.79 Å². The molecule has 7 nitrogen and oxygen atoms in total. The SMILES string of the molecule is O=C(COC(=O)Cc1ccc(O)cc1)NC(=O)NC12CC3CC(CC(C3)C1)C2. The van der Waals surface area contributed by atoms with E-state index in [4.69, 9.17) is 4.74 Å². The van der Waals surface area contributed by atoms with Gasteiger partial charge in [-0.3, -0.25) is 14.9 Å². The molecule has 150 valence electrons.